The molecule has 4 aromatic rings. The first-order chi connectivity index (χ1) is 16.0. The van der Waals surface area contributed by atoms with Gasteiger partial charge in [-0.15, -0.1) is 5.10 Å². The van der Waals surface area contributed by atoms with E-state index in [-0.39, 0.29) is 5.02 Å². The van der Waals surface area contributed by atoms with Crippen LogP contribution in [-0.2, 0) is 13.1 Å². The minimum atomic E-state index is -0.528. The molecule has 0 atom stereocenters. The van der Waals surface area contributed by atoms with Crippen LogP contribution in [0.5, 0.6) is 0 Å². The van der Waals surface area contributed by atoms with E-state index in [9.17, 15) is 9.65 Å². The fourth-order valence-corrected chi connectivity index (χ4v) is 3.70. The lowest BCUT2D eigenvalue weighted by Crippen LogP contribution is -2.15. The Bertz CT molecular complexity index is 1350. The number of anilines is 3. The van der Waals surface area contributed by atoms with E-state index in [0.717, 1.165) is 18.8 Å². The maximum Gasteiger partial charge on any atom is 0.141 e. The Kier molecular flexibility index (Phi) is 6.89. The zero-order chi connectivity index (χ0) is 23.4. The molecule has 168 valence electrons. The fraction of sp³-hybridized carbons (Fsp3) is 0.182. The van der Waals surface area contributed by atoms with Gasteiger partial charge >= 0.3 is 0 Å². The van der Waals surface area contributed by atoms with E-state index in [1.165, 1.54) is 24.4 Å². The Hall–Kier alpha value is -3.45. The van der Waals surface area contributed by atoms with Crippen molar-refractivity contribution >= 4 is 51.2 Å². The second-order valence-corrected chi connectivity index (χ2v) is 8.01. The molecule has 0 spiro atoms. The van der Waals surface area contributed by atoms with Gasteiger partial charge in [0.05, 0.1) is 46.1 Å². The average molecular weight is 485 g/mol. The Labute approximate surface area is 199 Å². The van der Waals surface area contributed by atoms with Crippen LogP contribution in [0.3, 0.4) is 0 Å². The molecule has 8 nitrogen and oxygen atoms in total. The van der Waals surface area contributed by atoms with Crippen molar-refractivity contribution in [2.45, 2.75) is 13.1 Å². The van der Waals surface area contributed by atoms with Gasteiger partial charge in [-0.05, 0) is 37.4 Å². The van der Waals surface area contributed by atoms with E-state index in [2.05, 4.69) is 37.3 Å². The molecular weight excluding hydrogens is 466 g/mol. The summed E-state index contributed by atoms with van der Waals surface area (Å²) in [6.07, 6.45) is 3.31. The molecule has 0 amide bonds. The Morgan fingerprint density at radius 2 is 1.97 bits per heavy atom. The van der Waals surface area contributed by atoms with Crippen molar-refractivity contribution in [1.29, 1.82) is 5.26 Å². The number of halogens is 3. The first-order valence-electron chi connectivity index (χ1n) is 10.0. The number of hydrogen-bond donors (Lipinski definition) is 3. The molecule has 0 bridgehead atoms. The largest absolute Gasteiger partial charge is 0.379 e. The normalized spacial score (nSPS) is 10.9. The summed E-state index contributed by atoms with van der Waals surface area (Å²) in [7, 11) is 1.88. The van der Waals surface area contributed by atoms with E-state index >= 15 is 0 Å². The number of aromatic nitrogens is 4. The zero-order valence-electron chi connectivity index (χ0n) is 17.5. The van der Waals surface area contributed by atoms with E-state index in [4.69, 9.17) is 23.2 Å². The Morgan fingerprint density at radius 1 is 1.15 bits per heavy atom. The molecule has 2 aromatic heterocycles. The van der Waals surface area contributed by atoms with Gasteiger partial charge in [0.1, 0.15) is 17.6 Å². The molecule has 0 radical (unpaired) electrons. The highest BCUT2D eigenvalue weighted by molar-refractivity contribution is 6.36. The molecule has 0 aliphatic heterocycles. The average Bonchev–Trinajstić information content (AvgIpc) is 3.27. The summed E-state index contributed by atoms with van der Waals surface area (Å²) in [5.74, 6) is -0.528. The number of nitrogens with zero attached hydrogens (tertiary/aromatic N) is 5. The molecule has 0 fully saturated rings. The molecule has 3 N–H and O–H groups in total. The second-order valence-electron chi connectivity index (χ2n) is 7.20. The van der Waals surface area contributed by atoms with Gasteiger partial charge in [0.25, 0.3) is 0 Å². The van der Waals surface area contributed by atoms with Gasteiger partial charge < -0.3 is 16.0 Å². The summed E-state index contributed by atoms with van der Waals surface area (Å²) < 4.78 is 15.3. The van der Waals surface area contributed by atoms with E-state index in [1.807, 2.05) is 19.3 Å². The lowest BCUT2D eigenvalue weighted by Gasteiger charge is -2.14. The zero-order valence-corrected chi connectivity index (χ0v) is 19.0. The highest BCUT2D eigenvalue weighted by Crippen LogP contribution is 2.35. The second kappa shape index (κ2) is 10.0. The lowest BCUT2D eigenvalue weighted by molar-refractivity contribution is 0.565. The number of rotatable bonds is 8. The van der Waals surface area contributed by atoms with Gasteiger partial charge in [0.2, 0.25) is 0 Å². The van der Waals surface area contributed by atoms with Crippen LogP contribution in [0.4, 0.5) is 21.5 Å². The van der Waals surface area contributed by atoms with Crippen molar-refractivity contribution in [3.05, 3.63) is 69.8 Å². The quantitative estimate of drug-likeness (QED) is 0.332. The first kappa shape index (κ1) is 22.7. The van der Waals surface area contributed by atoms with Crippen LogP contribution >= 0.6 is 23.2 Å². The van der Waals surface area contributed by atoms with Gasteiger partial charge in [0, 0.05) is 29.5 Å². The van der Waals surface area contributed by atoms with Crippen LogP contribution in [0.15, 0.2) is 42.7 Å². The van der Waals surface area contributed by atoms with Crippen molar-refractivity contribution in [1.82, 2.24) is 25.3 Å². The minimum absolute atomic E-state index is 0.0278. The number of benzene rings is 2. The highest BCUT2D eigenvalue weighted by Gasteiger charge is 2.14. The maximum atomic E-state index is 13.6. The summed E-state index contributed by atoms with van der Waals surface area (Å²) in [5, 5.41) is 28.4. The maximum absolute atomic E-state index is 13.6. The molecule has 2 heterocycles. The van der Waals surface area contributed by atoms with Crippen molar-refractivity contribution in [3.63, 3.8) is 0 Å². The van der Waals surface area contributed by atoms with Crippen LogP contribution in [0.2, 0.25) is 10.0 Å². The van der Waals surface area contributed by atoms with Gasteiger partial charge in [-0.3, -0.25) is 9.67 Å². The third-order valence-electron chi connectivity index (χ3n) is 4.88. The topological polar surface area (TPSA) is 103 Å². The number of hydrogen-bond acceptors (Lipinski definition) is 7. The molecule has 33 heavy (non-hydrogen) atoms. The number of nitrogens with one attached hydrogen (secondary N) is 3. The monoisotopic (exact) mass is 484 g/mol. The van der Waals surface area contributed by atoms with Crippen LogP contribution in [0, 0.1) is 17.1 Å². The number of fused-ring (bicyclic) bond motifs is 1. The van der Waals surface area contributed by atoms with Crippen molar-refractivity contribution in [2.24, 2.45) is 0 Å². The SMILES string of the molecule is CNCCn1cc(CNc2cc(Cl)c3ncc(C#N)c(Nc4ccc(F)c(Cl)c4)c3c2)nn1. The summed E-state index contributed by atoms with van der Waals surface area (Å²) >= 11 is 12.4. The van der Waals surface area contributed by atoms with E-state index in [1.54, 1.807) is 10.7 Å². The first-order valence-corrected chi connectivity index (χ1v) is 10.8. The smallest absolute Gasteiger partial charge is 0.141 e. The molecule has 0 aliphatic rings. The minimum Gasteiger partial charge on any atom is -0.379 e. The van der Waals surface area contributed by atoms with Crippen LogP contribution in [0.25, 0.3) is 10.9 Å². The molecule has 0 unspecified atom stereocenters. The molecule has 0 saturated heterocycles. The van der Waals surface area contributed by atoms with Crippen LogP contribution < -0.4 is 16.0 Å². The van der Waals surface area contributed by atoms with E-state index < -0.39 is 5.82 Å². The standard InChI is InChI=1S/C22H19Cl2FN8/c1-27-4-5-33-12-16(31-32-33)11-28-15-6-17-21(30-14-2-3-20(25)18(23)7-14)13(9-26)10-29-22(17)19(24)8-15/h2-3,6-8,10,12,27-28H,4-5,11H2,1H3,(H,29,30). The summed E-state index contributed by atoms with van der Waals surface area (Å²) in [5.41, 5.74) is 3.34. The third kappa shape index (κ3) is 5.14. The molecule has 2 aromatic carbocycles. The van der Waals surface area contributed by atoms with Crippen molar-refractivity contribution in [2.75, 3.05) is 24.2 Å². The molecule has 0 saturated carbocycles. The number of likely N-dealkylation sites (N-methyl/N-ethyl adjacent to an activating group) is 1. The fourth-order valence-electron chi connectivity index (χ4n) is 3.25. The van der Waals surface area contributed by atoms with Gasteiger partial charge in [0.15, 0.2) is 0 Å². The molecular formula is C22H19Cl2FN8. The Morgan fingerprint density at radius 3 is 2.73 bits per heavy atom. The number of nitriles is 1. The van der Waals surface area contributed by atoms with Crippen molar-refractivity contribution in [3.8, 4) is 6.07 Å². The van der Waals surface area contributed by atoms with Gasteiger partial charge in [-0.2, -0.15) is 5.26 Å². The summed E-state index contributed by atoms with van der Waals surface area (Å²) in [4.78, 5) is 4.34. The number of pyridine rings is 1. The lowest BCUT2D eigenvalue weighted by atomic mass is 10.1. The predicted octanol–water partition coefficient (Wildman–Crippen LogP) is 4.72. The Balaban J connectivity index is 1.65. The molecule has 4 rings (SSSR count). The van der Waals surface area contributed by atoms with Crippen molar-refractivity contribution < 1.29 is 4.39 Å². The summed E-state index contributed by atoms with van der Waals surface area (Å²) in [6, 6.07) is 9.97. The third-order valence-corrected chi connectivity index (χ3v) is 5.46. The van der Waals surface area contributed by atoms with Crippen LogP contribution in [0.1, 0.15) is 11.3 Å². The predicted molar refractivity (Wildman–Crippen MR) is 127 cm³/mol. The summed E-state index contributed by atoms with van der Waals surface area (Å²) in [6.45, 7) is 1.94. The van der Waals surface area contributed by atoms with Gasteiger partial charge in [-0.25, -0.2) is 4.39 Å². The molecule has 11 heteroatoms. The van der Waals surface area contributed by atoms with Gasteiger partial charge in [-0.1, -0.05) is 28.4 Å². The highest BCUT2D eigenvalue weighted by atomic mass is 35.5. The molecule has 0 aliphatic carbocycles. The van der Waals surface area contributed by atoms with E-state index in [0.29, 0.717) is 45.1 Å². The van der Waals surface area contributed by atoms with Crippen LogP contribution in [-0.4, -0.2) is 33.6 Å².